The Labute approximate surface area is 69.8 Å². The number of hydrogen-bond donors (Lipinski definition) is 3. The lowest BCUT2D eigenvalue weighted by molar-refractivity contribution is 0.0939. The van der Waals surface area contributed by atoms with E-state index in [1.54, 1.807) is 13.1 Å². The number of nitrogens with zero attached hydrogens (tertiary/aromatic N) is 1. The van der Waals surface area contributed by atoms with Gasteiger partial charge in [0.2, 0.25) is 0 Å². The van der Waals surface area contributed by atoms with Crippen LogP contribution in [-0.2, 0) is 0 Å². The number of carbonyl (C=O) groups is 1. The molecular formula is C7H11N3O2. The van der Waals surface area contributed by atoms with E-state index in [-0.39, 0.29) is 19.1 Å². The van der Waals surface area contributed by atoms with Crippen molar-refractivity contribution in [3.8, 4) is 0 Å². The van der Waals surface area contributed by atoms with Gasteiger partial charge in [0.1, 0.15) is 5.69 Å². The minimum absolute atomic E-state index is 0.0566. The van der Waals surface area contributed by atoms with Crippen molar-refractivity contribution in [2.75, 3.05) is 13.2 Å². The van der Waals surface area contributed by atoms with Gasteiger partial charge in [-0.05, 0) is 12.5 Å². The Morgan fingerprint density at radius 3 is 3.08 bits per heavy atom. The summed E-state index contributed by atoms with van der Waals surface area (Å²) < 4.78 is 0. The second-order valence-corrected chi connectivity index (χ2v) is 2.41. The average Bonchev–Trinajstić information content (AvgIpc) is 2.47. The summed E-state index contributed by atoms with van der Waals surface area (Å²) in [6.07, 6.45) is 1.58. The molecule has 0 radical (unpaired) electrons. The molecule has 1 rings (SSSR count). The number of carbonyl (C=O) groups excluding carboxylic acids is 1. The third-order valence-corrected chi connectivity index (χ3v) is 1.45. The Kier molecular flexibility index (Phi) is 2.82. The molecule has 0 saturated carbocycles. The smallest absolute Gasteiger partial charge is 0.269 e. The monoisotopic (exact) mass is 169 g/mol. The molecular weight excluding hydrogens is 158 g/mol. The van der Waals surface area contributed by atoms with Gasteiger partial charge in [-0.3, -0.25) is 9.89 Å². The van der Waals surface area contributed by atoms with Gasteiger partial charge in [0, 0.05) is 6.54 Å². The van der Waals surface area contributed by atoms with Crippen molar-refractivity contribution < 1.29 is 9.90 Å². The molecule has 0 atom stereocenters. The van der Waals surface area contributed by atoms with Gasteiger partial charge in [-0.25, -0.2) is 0 Å². The minimum Gasteiger partial charge on any atom is -0.395 e. The molecule has 1 amide bonds. The lowest BCUT2D eigenvalue weighted by Gasteiger charge is -2.00. The van der Waals surface area contributed by atoms with Crippen molar-refractivity contribution in [3.05, 3.63) is 17.5 Å². The number of aryl methyl sites for hydroxylation is 1. The summed E-state index contributed by atoms with van der Waals surface area (Å²) in [4.78, 5) is 11.2. The predicted octanol–water partition coefficient (Wildman–Crippen LogP) is -0.560. The maximum absolute atomic E-state index is 11.2. The summed E-state index contributed by atoms with van der Waals surface area (Å²) in [5.41, 5.74) is 1.24. The van der Waals surface area contributed by atoms with E-state index < -0.39 is 0 Å². The van der Waals surface area contributed by atoms with Crippen LogP contribution >= 0.6 is 0 Å². The molecule has 1 aromatic rings. The van der Waals surface area contributed by atoms with E-state index >= 15 is 0 Å². The lowest BCUT2D eigenvalue weighted by Crippen LogP contribution is -2.27. The van der Waals surface area contributed by atoms with E-state index in [4.69, 9.17) is 5.11 Å². The average molecular weight is 169 g/mol. The van der Waals surface area contributed by atoms with Crippen LogP contribution in [0.15, 0.2) is 6.20 Å². The van der Waals surface area contributed by atoms with Gasteiger partial charge in [-0.15, -0.1) is 0 Å². The van der Waals surface area contributed by atoms with E-state index in [1.165, 1.54) is 0 Å². The van der Waals surface area contributed by atoms with Crippen molar-refractivity contribution in [1.29, 1.82) is 0 Å². The number of aliphatic hydroxyl groups excluding tert-OH is 1. The molecule has 0 aromatic carbocycles. The Morgan fingerprint density at radius 1 is 1.83 bits per heavy atom. The first-order valence-electron chi connectivity index (χ1n) is 3.64. The standard InChI is InChI=1S/C7H11N3O2/c1-5-4-9-10-6(5)7(12)8-2-3-11/h4,11H,2-3H2,1H3,(H,8,12)(H,9,10). The highest BCUT2D eigenvalue weighted by atomic mass is 16.3. The van der Waals surface area contributed by atoms with Crippen LogP contribution in [0.5, 0.6) is 0 Å². The SMILES string of the molecule is Cc1cn[nH]c1C(=O)NCCO. The molecule has 0 unspecified atom stereocenters. The minimum atomic E-state index is -0.237. The number of aromatic amines is 1. The van der Waals surface area contributed by atoms with E-state index in [9.17, 15) is 4.79 Å². The number of aliphatic hydroxyl groups is 1. The fourth-order valence-electron chi connectivity index (χ4n) is 0.834. The molecule has 1 heterocycles. The summed E-state index contributed by atoms with van der Waals surface area (Å²) in [5, 5.41) is 17.2. The molecule has 0 bridgehead atoms. The molecule has 0 spiro atoms. The number of rotatable bonds is 3. The van der Waals surface area contributed by atoms with Gasteiger partial charge in [-0.1, -0.05) is 0 Å². The van der Waals surface area contributed by atoms with Gasteiger partial charge in [-0.2, -0.15) is 5.10 Å². The normalized spacial score (nSPS) is 9.83. The maximum Gasteiger partial charge on any atom is 0.269 e. The molecule has 0 aliphatic carbocycles. The van der Waals surface area contributed by atoms with Gasteiger partial charge in [0.15, 0.2) is 0 Å². The Balaban J connectivity index is 2.59. The number of amides is 1. The van der Waals surface area contributed by atoms with Gasteiger partial charge >= 0.3 is 0 Å². The van der Waals surface area contributed by atoms with Crippen LogP contribution in [0, 0.1) is 6.92 Å². The van der Waals surface area contributed by atoms with Gasteiger partial charge < -0.3 is 10.4 Å². The summed E-state index contributed by atoms with van der Waals surface area (Å²) in [6, 6.07) is 0. The van der Waals surface area contributed by atoms with Crippen molar-refractivity contribution in [2.24, 2.45) is 0 Å². The largest absolute Gasteiger partial charge is 0.395 e. The molecule has 1 aromatic heterocycles. The van der Waals surface area contributed by atoms with Crippen molar-refractivity contribution >= 4 is 5.91 Å². The summed E-state index contributed by atoms with van der Waals surface area (Å²) in [7, 11) is 0. The quantitative estimate of drug-likeness (QED) is 0.567. The third-order valence-electron chi connectivity index (χ3n) is 1.45. The van der Waals surface area contributed by atoms with Crippen LogP contribution in [-0.4, -0.2) is 34.4 Å². The van der Waals surface area contributed by atoms with Crippen LogP contribution in [0.4, 0.5) is 0 Å². The fourth-order valence-corrected chi connectivity index (χ4v) is 0.834. The molecule has 3 N–H and O–H groups in total. The van der Waals surface area contributed by atoms with E-state index in [0.717, 1.165) is 5.56 Å². The third kappa shape index (κ3) is 1.82. The Morgan fingerprint density at radius 2 is 2.58 bits per heavy atom. The first kappa shape index (κ1) is 8.73. The van der Waals surface area contributed by atoms with E-state index in [0.29, 0.717) is 5.69 Å². The predicted molar refractivity (Wildman–Crippen MR) is 42.7 cm³/mol. The number of aromatic nitrogens is 2. The zero-order chi connectivity index (χ0) is 8.97. The topological polar surface area (TPSA) is 78.0 Å². The lowest BCUT2D eigenvalue weighted by atomic mass is 10.3. The highest BCUT2D eigenvalue weighted by Gasteiger charge is 2.08. The highest BCUT2D eigenvalue weighted by molar-refractivity contribution is 5.93. The zero-order valence-corrected chi connectivity index (χ0v) is 6.79. The highest BCUT2D eigenvalue weighted by Crippen LogP contribution is 2.00. The summed E-state index contributed by atoms with van der Waals surface area (Å²) >= 11 is 0. The molecule has 0 saturated heterocycles. The van der Waals surface area contributed by atoms with Gasteiger partial charge in [0.25, 0.3) is 5.91 Å². The molecule has 5 nitrogen and oxygen atoms in total. The number of hydrogen-bond acceptors (Lipinski definition) is 3. The second kappa shape index (κ2) is 3.87. The van der Waals surface area contributed by atoms with Crippen molar-refractivity contribution in [2.45, 2.75) is 6.92 Å². The van der Waals surface area contributed by atoms with Crippen LogP contribution in [0.1, 0.15) is 16.1 Å². The molecule has 0 aliphatic heterocycles. The van der Waals surface area contributed by atoms with Crippen LogP contribution in [0.25, 0.3) is 0 Å². The van der Waals surface area contributed by atoms with Crippen LogP contribution < -0.4 is 5.32 Å². The molecule has 66 valence electrons. The van der Waals surface area contributed by atoms with E-state index in [2.05, 4.69) is 15.5 Å². The van der Waals surface area contributed by atoms with Gasteiger partial charge in [0.05, 0.1) is 12.8 Å². The Bertz CT molecular complexity index is 269. The number of H-pyrrole nitrogens is 1. The van der Waals surface area contributed by atoms with Crippen LogP contribution in [0.2, 0.25) is 0 Å². The maximum atomic E-state index is 11.2. The number of nitrogens with one attached hydrogen (secondary N) is 2. The first-order chi connectivity index (χ1) is 5.75. The molecule has 5 heteroatoms. The zero-order valence-electron chi connectivity index (χ0n) is 6.79. The van der Waals surface area contributed by atoms with Crippen LogP contribution in [0.3, 0.4) is 0 Å². The summed E-state index contributed by atoms with van der Waals surface area (Å²) in [5.74, 6) is -0.237. The van der Waals surface area contributed by atoms with E-state index in [1.807, 2.05) is 0 Å². The molecule has 0 aliphatic rings. The molecule has 0 fully saturated rings. The first-order valence-corrected chi connectivity index (χ1v) is 3.64. The van der Waals surface area contributed by atoms with Crippen molar-refractivity contribution in [3.63, 3.8) is 0 Å². The molecule has 12 heavy (non-hydrogen) atoms. The fraction of sp³-hybridized carbons (Fsp3) is 0.429. The second-order valence-electron chi connectivity index (χ2n) is 2.41. The van der Waals surface area contributed by atoms with Crippen molar-refractivity contribution in [1.82, 2.24) is 15.5 Å². The Hall–Kier alpha value is -1.36. The summed E-state index contributed by atoms with van der Waals surface area (Å²) in [6.45, 7) is 1.99.